The van der Waals surface area contributed by atoms with E-state index in [9.17, 15) is 10.1 Å². The standard InChI is InChI=1S/C28H28N4O3/c1-34-25-15-9-8-14-24(25)31-26(33)20-28(22-10-4-2-5-11-22)16-18-32(19-17-28)27(30-21-29)35-23-12-6-3-7-13-23/h2-15H,16-20H2,1H3,(H,31,33)/b30-27-. The maximum Gasteiger partial charge on any atom is 0.308 e. The molecule has 1 saturated heterocycles. The monoisotopic (exact) mass is 468 g/mol. The summed E-state index contributed by atoms with van der Waals surface area (Å²) in [5.41, 5.74) is 1.42. The van der Waals surface area contributed by atoms with Crippen LogP contribution in [0.25, 0.3) is 0 Å². The number of hydrogen-bond donors (Lipinski definition) is 1. The number of amides is 1. The van der Waals surface area contributed by atoms with E-state index in [0.29, 0.717) is 49.5 Å². The molecule has 1 N–H and O–H groups in total. The number of nitriles is 1. The van der Waals surface area contributed by atoms with Crippen molar-refractivity contribution in [1.82, 2.24) is 4.90 Å². The Hall–Kier alpha value is -4.31. The van der Waals surface area contributed by atoms with E-state index >= 15 is 0 Å². The number of methoxy groups -OCH3 is 1. The van der Waals surface area contributed by atoms with Gasteiger partial charge in [-0.25, -0.2) is 0 Å². The van der Waals surface area contributed by atoms with Gasteiger partial charge in [-0.3, -0.25) is 4.79 Å². The number of nitrogens with zero attached hydrogens (tertiary/aromatic N) is 3. The summed E-state index contributed by atoms with van der Waals surface area (Å²) in [4.78, 5) is 19.1. The summed E-state index contributed by atoms with van der Waals surface area (Å²) in [6, 6.07) is 27.1. The third-order valence-electron chi connectivity index (χ3n) is 6.36. The lowest BCUT2D eigenvalue weighted by Crippen LogP contribution is -2.48. The maximum atomic E-state index is 13.2. The number of anilines is 1. The van der Waals surface area contributed by atoms with Gasteiger partial charge in [-0.15, -0.1) is 4.99 Å². The zero-order valence-electron chi connectivity index (χ0n) is 19.7. The second-order valence-electron chi connectivity index (χ2n) is 8.47. The van der Waals surface area contributed by atoms with Gasteiger partial charge in [-0.1, -0.05) is 60.7 Å². The van der Waals surface area contributed by atoms with Crippen LogP contribution < -0.4 is 14.8 Å². The van der Waals surface area contributed by atoms with E-state index in [-0.39, 0.29) is 17.3 Å². The van der Waals surface area contributed by atoms with Crippen LogP contribution in [0.3, 0.4) is 0 Å². The molecular formula is C28H28N4O3. The predicted octanol–water partition coefficient (Wildman–Crippen LogP) is 4.97. The molecule has 0 unspecified atom stereocenters. The van der Waals surface area contributed by atoms with E-state index in [4.69, 9.17) is 9.47 Å². The van der Waals surface area contributed by atoms with Crippen LogP contribution in [0.5, 0.6) is 11.5 Å². The Morgan fingerprint density at radius 2 is 1.63 bits per heavy atom. The van der Waals surface area contributed by atoms with Crippen molar-refractivity contribution in [3.8, 4) is 17.7 Å². The highest BCUT2D eigenvalue weighted by Crippen LogP contribution is 2.39. The largest absolute Gasteiger partial charge is 0.495 e. The molecule has 0 aromatic heterocycles. The minimum absolute atomic E-state index is 0.0711. The van der Waals surface area contributed by atoms with Crippen LogP contribution in [0, 0.1) is 11.5 Å². The number of benzene rings is 3. The van der Waals surface area contributed by atoms with Gasteiger partial charge in [0, 0.05) is 24.9 Å². The van der Waals surface area contributed by atoms with Crippen molar-refractivity contribution in [3.63, 3.8) is 0 Å². The smallest absolute Gasteiger partial charge is 0.308 e. The number of piperidine rings is 1. The van der Waals surface area contributed by atoms with Crippen molar-refractivity contribution < 1.29 is 14.3 Å². The Labute approximate surface area is 205 Å². The third-order valence-corrected chi connectivity index (χ3v) is 6.36. The molecule has 3 aromatic rings. The molecule has 35 heavy (non-hydrogen) atoms. The second-order valence-corrected chi connectivity index (χ2v) is 8.47. The number of carbonyl (C=O) groups is 1. The van der Waals surface area contributed by atoms with Crippen molar-refractivity contribution in [1.29, 1.82) is 5.26 Å². The van der Waals surface area contributed by atoms with Gasteiger partial charge >= 0.3 is 6.02 Å². The summed E-state index contributed by atoms with van der Waals surface area (Å²) >= 11 is 0. The Morgan fingerprint density at radius 3 is 2.29 bits per heavy atom. The topological polar surface area (TPSA) is 87.0 Å². The molecular weight excluding hydrogens is 440 g/mol. The van der Waals surface area contributed by atoms with Gasteiger partial charge < -0.3 is 19.7 Å². The fourth-order valence-electron chi connectivity index (χ4n) is 4.53. The van der Waals surface area contributed by atoms with Gasteiger partial charge in [0.25, 0.3) is 0 Å². The molecule has 1 fully saturated rings. The first-order chi connectivity index (χ1) is 17.1. The average Bonchev–Trinajstić information content (AvgIpc) is 2.90. The van der Waals surface area contributed by atoms with Gasteiger partial charge in [-0.05, 0) is 42.7 Å². The van der Waals surface area contributed by atoms with Crippen molar-refractivity contribution in [3.05, 3.63) is 90.5 Å². The molecule has 3 aromatic carbocycles. The molecule has 1 aliphatic rings. The van der Waals surface area contributed by atoms with Gasteiger partial charge in [-0.2, -0.15) is 5.26 Å². The van der Waals surface area contributed by atoms with E-state index in [1.165, 1.54) is 0 Å². The highest BCUT2D eigenvalue weighted by molar-refractivity contribution is 5.93. The molecule has 7 heteroatoms. The predicted molar refractivity (Wildman–Crippen MR) is 135 cm³/mol. The summed E-state index contributed by atoms with van der Waals surface area (Å²) in [6.07, 6.45) is 3.59. The lowest BCUT2D eigenvalue weighted by Gasteiger charge is -2.42. The first kappa shape index (κ1) is 23.8. The highest BCUT2D eigenvalue weighted by Gasteiger charge is 2.39. The Kier molecular flexibility index (Phi) is 7.63. The number of hydrogen-bond acceptors (Lipinski definition) is 5. The number of amidine groups is 1. The fraction of sp³-hybridized carbons (Fsp3) is 0.250. The van der Waals surface area contributed by atoms with Gasteiger partial charge in [0.1, 0.15) is 11.5 Å². The van der Waals surface area contributed by atoms with Gasteiger partial charge in [0.05, 0.1) is 12.8 Å². The zero-order chi connectivity index (χ0) is 24.5. The number of para-hydroxylation sites is 3. The number of rotatable bonds is 6. The van der Waals surface area contributed by atoms with E-state index in [0.717, 1.165) is 5.56 Å². The van der Waals surface area contributed by atoms with E-state index < -0.39 is 0 Å². The van der Waals surface area contributed by atoms with Crippen molar-refractivity contribution in [2.45, 2.75) is 24.7 Å². The van der Waals surface area contributed by atoms with Crippen molar-refractivity contribution >= 4 is 17.6 Å². The lowest BCUT2D eigenvalue weighted by molar-refractivity contribution is -0.117. The summed E-state index contributed by atoms with van der Waals surface area (Å²) in [5, 5.41) is 12.2. The van der Waals surface area contributed by atoms with Crippen molar-refractivity contribution in [2.75, 3.05) is 25.5 Å². The summed E-state index contributed by atoms with van der Waals surface area (Å²) in [5.74, 6) is 1.18. The Bertz CT molecular complexity index is 1200. The van der Waals surface area contributed by atoms with Gasteiger partial charge in [0.15, 0.2) is 0 Å². The third kappa shape index (κ3) is 5.79. The summed E-state index contributed by atoms with van der Waals surface area (Å²) in [7, 11) is 1.59. The van der Waals surface area contributed by atoms with Crippen molar-refractivity contribution in [2.24, 2.45) is 4.99 Å². The molecule has 1 amide bonds. The van der Waals surface area contributed by atoms with Crippen LogP contribution >= 0.6 is 0 Å². The minimum Gasteiger partial charge on any atom is -0.495 e. The summed E-state index contributed by atoms with van der Waals surface area (Å²) in [6.45, 7) is 1.20. The maximum absolute atomic E-state index is 13.2. The van der Waals surface area contributed by atoms with E-state index in [1.807, 2.05) is 83.9 Å². The normalized spacial score (nSPS) is 15.1. The Balaban J connectivity index is 1.52. The molecule has 0 bridgehead atoms. The van der Waals surface area contributed by atoms with Gasteiger partial charge in [0.2, 0.25) is 12.1 Å². The number of aliphatic imine (C=N–C) groups is 1. The van der Waals surface area contributed by atoms with Crippen LogP contribution in [0.4, 0.5) is 5.69 Å². The first-order valence-corrected chi connectivity index (χ1v) is 11.6. The second kappa shape index (κ2) is 11.2. The average molecular weight is 469 g/mol. The molecule has 1 aliphatic heterocycles. The molecule has 4 rings (SSSR count). The number of likely N-dealkylation sites (tertiary alicyclic amines) is 1. The molecule has 7 nitrogen and oxygen atoms in total. The SMILES string of the molecule is COc1ccccc1NC(=O)CC1(c2ccccc2)CCN(/C(=N/C#N)Oc2ccccc2)CC1. The fourth-order valence-corrected chi connectivity index (χ4v) is 4.53. The minimum atomic E-state index is -0.353. The highest BCUT2D eigenvalue weighted by atomic mass is 16.5. The molecule has 0 saturated carbocycles. The molecule has 178 valence electrons. The lowest BCUT2D eigenvalue weighted by atomic mass is 9.70. The Morgan fingerprint density at radius 1 is 1.00 bits per heavy atom. The van der Waals surface area contributed by atoms with Crippen LogP contribution in [0.2, 0.25) is 0 Å². The number of carbonyl (C=O) groups excluding carboxylic acids is 1. The van der Waals surface area contributed by atoms with Crippen LogP contribution in [0.15, 0.2) is 89.9 Å². The summed E-state index contributed by atoms with van der Waals surface area (Å²) < 4.78 is 11.3. The quantitative estimate of drug-likeness (QED) is 0.313. The molecule has 0 spiro atoms. The van der Waals surface area contributed by atoms with Crippen LogP contribution in [0.1, 0.15) is 24.8 Å². The molecule has 0 radical (unpaired) electrons. The first-order valence-electron chi connectivity index (χ1n) is 11.6. The zero-order valence-corrected chi connectivity index (χ0v) is 19.7. The van der Waals surface area contributed by atoms with E-state index in [1.54, 1.807) is 7.11 Å². The molecule has 1 heterocycles. The van der Waals surface area contributed by atoms with Crippen LogP contribution in [-0.2, 0) is 10.2 Å². The van der Waals surface area contributed by atoms with E-state index in [2.05, 4.69) is 22.4 Å². The number of ether oxygens (including phenoxy) is 2. The number of nitrogens with one attached hydrogen (secondary N) is 1. The van der Waals surface area contributed by atoms with Crippen LogP contribution in [-0.4, -0.2) is 37.0 Å². The molecule has 0 aliphatic carbocycles. The molecule has 0 atom stereocenters.